The van der Waals surface area contributed by atoms with Crippen LogP contribution in [0.2, 0.25) is 0 Å². The molecule has 9 heteroatoms. The lowest BCUT2D eigenvalue weighted by Gasteiger charge is -2.28. The number of carbonyl (C=O) groups is 3. The normalized spacial score (nSPS) is 16.8. The van der Waals surface area contributed by atoms with Crippen molar-refractivity contribution in [3.8, 4) is 11.1 Å². The topological polar surface area (TPSA) is 119 Å². The Morgan fingerprint density at radius 2 is 1.71 bits per heavy atom. The Kier molecular flexibility index (Phi) is 8.93. The highest BCUT2D eigenvalue weighted by molar-refractivity contribution is 7.12. The highest BCUT2D eigenvalue weighted by Crippen LogP contribution is 2.32. The summed E-state index contributed by atoms with van der Waals surface area (Å²) in [6, 6.07) is 18.6. The van der Waals surface area contributed by atoms with E-state index in [0.29, 0.717) is 11.4 Å². The van der Waals surface area contributed by atoms with Crippen molar-refractivity contribution in [2.45, 2.75) is 57.5 Å². The van der Waals surface area contributed by atoms with Crippen LogP contribution in [0, 0.1) is 0 Å². The summed E-state index contributed by atoms with van der Waals surface area (Å²) in [4.78, 5) is 40.1. The SMILES string of the molecule is CC(C)NC(=O)c1sccc1-c1ccc(CNC(=O)[C@H](O)[C@@H](O)C(=O)N2CCC[C@@H]2c2ccccc2)cc1. The number of amides is 3. The molecule has 0 aliphatic carbocycles. The quantitative estimate of drug-likeness (QED) is 0.335. The number of nitrogens with one attached hydrogen (secondary N) is 2. The van der Waals surface area contributed by atoms with E-state index in [1.165, 1.54) is 16.2 Å². The smallest absolute Gasteiger partial charge is 0.262 e. The van der Waals surface area contributed by atoms with Crippen molar-refractivity contribution in [3.05, 3.63) is 82.0 Å². The average molecular weight is 536 g/mol. The van der Waals surface area contributed by atoms with E-state index < -0.39 is 24.0 Å². The van der Waals surface area contributed by atoms with Crippen LogP contribution in [0.25, 0.3) is 11.1 Å². The van der Waals surface area contributed by atoms with Gasteiger partial charge in [-0.3, -0.25) is 14.4 Å². The van der Waals surface area contributed by atoms with E-state index in [4.69, 9.17) is 0 Å². The second-order valence-electron chi connectivity index (χ2n) is 9.70. The monoisotopic (exact) mass is 535 g/mol. The van der Waals surface area contributed by atoms with Gasteiger partial charge in [0.25, 0.3) is 17.7 Å². The predicted molar refractivity (Wildman–Crippen MR) is 146 cm³/mol. The molecule has 1 aliphatic heterocycles. The molecule has 0 spiro atoms. The Hall–Kier alpha value is -3.53. The fourth-order valence-electron chi connectivity index (χ4n) is 4.64. The third-order valence-corrected chi connectivity index (χ3v) is 7.48. The van der Waals surface area contributed by atoms with E-state index in [9.17, 15) is 24.6 Å². The molecule has 4 N–H and O–H groups in total. The molecule has 1 fully saturated rings. The third-order valence-electron chi connectivity index (χ3n) is 6.56. The second kappa shape index (κ2) is 12.3. The highest BCUT2D eigenvalue weighted by atomic mass is 32.1. The van der Waals surface area contributed by atoms with Crippen LogP contribution in [0.4, 0.5) is 0 Å². The molecule has 2 aromatic carbocycles. The number of likely N-dealkylation sites (tertiary alicyclic amines) is 1. The maximum absolute atomic E-state index is 12.9. The molecule has 3 aromatic rings. The van der Waals surface area contributed by atoms with Gasteiger partial charge in [-0.1, -0.05) is 54.6 Å². The van der Waals surface area contributed by atoms with Crippen LogP contribution in [0.15, 0.2) is 66.0 Å². The average Bonchev–Trinajstić information content (AvgIpc) is 3.61. The van der Waals surface area contributed by atoms with Gasteiger partial charge in [-0.25, -0.2) is 0 Å². The molecular weight excluding hydrogens is 502 g/mol. The van der Waals surface area contributed by atoms with Gasteiger partial charge >= 0.3 is 0 Å². The van der Waals surface area contributed by atoms with E-state index in [-0.39, 0.29) is 24.5 Å². The maximum atomic E-state index is 12.9. The Morgan fingerprint density at radius 3 is 2.39 bits per heavy atom. The first kappa shape index (κ1) is 27.5. The van der Waals surface area contributed by atoms with Crippen LogP contribution in [-0.4, -0.2) is 57.6 Å². The van der Waals surface area contributed by atoms with Gasteiger partial charge < -0.3 is 25.7 Å². The van der Waals surface area contributed by atoms with E-state index in [1.807, 2.05) is 79.9 Å². The largest absolute Gasteiger partial charge is 0.380 e. The second-order valence-corrected chi connectivity index (χ2v) is 10.6. The molecule has 38 heavy (non-hydrogen) atoms. The number of thiophene rings is 1. The van der Waals surface area contributed by atoms with Gasteiger partial charge in [-0.05, 0) is 54.8 Å². The van der Waals surface area contributed by atoms with Crippen LogP contribution in [0.5, 0.6) is 0 Å². The van der Waals surface area contributed by atoms with Crippen LogP contribution in [-0.2, 0) is 16.1 Å². The van der Waals surface area contributed by atoms with E-state index in [2.05, 4.69) is 10.6 Å². The van der Waals surface area contributed by atoms with Crippen molar-refractivity contribution in [3.63, 3.8) is 0 Å². The minimum absolute atomic E-state index is 0.0354. The zero-order valence-corrected chi connectivity index (χ0v) is 22.3. The molecule has 0 bridgehead atoms. The summed E-state index contributed by atoms with van der Waals surface area (Å²) in [5.74, 6) is -1.60. The van der Waals surface area contributed by atoms with Gasteiger partial charge in [0, 0.05) is 24.7 Å². The minimum Gasteiger partial charge on any atom is -0.380 e. The predicted octanol–water partition coefficient (Wildman–Crippen LogP) is 3.26. The van der Waals surface area contributed by atoms with Crippen molar-refractivity contribution >= 4 is 29.1 Å². The zero-order valence-electron chi connectivity index (χ0n) is 21.5. The van der Waals surface area contributed by atoms with Crippen LogP contribution >= 0.6 is 11.3 Å². The molecule has 0 radical (unpaired) electrons. The number of aliphatic hydroxyl groups is 2. The number of aliphatic hydroxyl groups excluding tert-OH is 2. The highest BCUT2D eigenvalue weighted by Gasteiger charge is 2.38. The van der Waals surface area contributed by atoms with E-state index in [0.717, 1.165) is 35.1 Å². The number of hydrogen-bond acceptors (Lipinski definition) is 6. The van der Waals surface area contributed by atoms with Crippen LogP contribution in [0.3, 0.4) is 0 Å². The Labute approximate surface area is 226 Å². The molecule has 3 amide bonds. The molecule has 8 nitrogen and oxygen atoms in total. The lowest BCUT2D eigenvalue weighted by atomic mass is 10.0. The summed E-state index contributed by atoms with van der Waals surface area (Å²) in [5, 5.41) is 28.3. The van der Waals surface area contributed by atoms with Crippen molar-refractivity contribution in [1.29, 1.82) is 0 Å². The summed E-state index contributed by atoms with van der Waals surface area (Å²) < 4.78 is 0. The zero-order chi connectivity index (χ0) is 27.2. The van der Waals surface area contributed by atoms with Crippen LogP contribution in [0.1, 0.15) is 53.5 Å². The summed E-state index contributed by atoms with van der Waals surface area (Å²) in [7, 11) is 0. The standard InChI is InChI=1S/C29H33N3O5S/c1-18(2)31-28(36)26-22(14-16-38-26)20-12-10-19(11-13-20)17-30-27(35)24(33)25(34)29(37)32-15-6-9-23(32)21-7-4-3-5-8-21/h3-5,7-8,10-14,16,18,23-25,33-34H,6,9,15,17H2,1-2H3,(H,30,35)(H,31,36)/t23-,24-,25-/m1/s1. The van der Waals surface area contributed by atoms with Crippen molar-refractivity contribution < 1.29 is 24.6 Å². The number of benzene rings is 2. The fourth-order valence-corrected chi connectivity index (χ4v) is 5.46. The lowest BCUT2D eigenvalue weighted by molar-refractivity contribution is -0.153. The first-order valence-corrected chi connectivity index (χ1v) is 13.6. The fraction of sp³-hybridized carbons (Fsp3) is 0.345. The lowest BCUT2D eigenvalue weighted by Crippen LogP contribution is -2.50. The van der Waals surface area contributed by atoms with Crippen molar-refractivity contribution in [2.24, 2.45) is 0 Å². The van der Waals surface area contributed by atoms with E-state index in [1.54, 1.807) is 0 Å². The van der Waals surface area contributed by atoms with Crippen molar-refractivity contribution in [2.75, 3.05) is 6.54 Å². The molecular formula is C29H33N3O5S. The summed E-state index contributed by atoms with van der Waals surface area (Å²) in [6.45, 7) is 4.39. The summed E-state index contributed by atoms with van der Waals surface area (Å²) in [6.07, 6.45) is -2.19. The number of nitrogens with zero attached hydrogens (tertiary/aromatic N) is 1. The van der Waals surface area contributed by atoms with Crippen LogP contribution < -0.4 is 10.6 Å². The molecule has 3 atom stereocenters. The number of rotatable bonds is 9. The first-order chi connectivity index (χ1) is 18.3. The molecule has 4 rings (SSSR count). The summed E-state index contributed by atoms with van der Waals surface area (Å²) >= 11 is 1.38. The third kappa shape index (κ3) is 6.30. The Morgan fingerprint density at radius 1 is 1.00 bits per heavy atom. The molecule has 200 valence electrons. The minimum atomic E-state index is -1.88. The molecule has 0 unspecified atom stereocenters. The van der Waals surface area contributed by atoms with Crippen molar-refractivity contribution in [1.82, 2.24) is 15.5 Å². The van der Waals surface area contributed by atoms with Gasteiger partial charge in [-0.2, -0.15) is 0 Å². The molecule has 1 saturated heterocycles. The number of hydrogen-bond donors (Lipinski definition) is 4. The van der Waals surface area contributed by atoms with Gasteiger partial charge in [0.05, 0.1) is 10.9 Å². The van der Waals surface area contributed by atoms with Gasteiger partial charge in [-0.15, -0.1) is 11.3 Å². The molecule has 1 aliphatic rings. The molecule has 0 saturated carbocycles. The summed E-state index contributed by atoms with van der Waals surface area (Å²) in [5.41, 5.74) is 3.43. The van der Waals surface area contributed by atoms with E-state index >= 15 is 0 Å². The first-order valence-electron chi connectivity index (χ1n) is 12.7. The molecule has 1 aromatic heterocycles. The number of carbonyl (C=O) groups excluding carboxylic acids is 3. The van der Waals surface area contributed by atoms with Gasteiger partial charge in [0.1, 0.15) is 0 Å². The van der Waals surface area contributed by atoms with Gasteiger partial charge in [0.2, 0.25) is 0 Å². The Bertz CT molecular complexity index is 1260. The molecule has 2 heterocycles. The van der Waals surface area contributed by atoms with Gasteiger partial charge in [0.15, 0.2) is 12.2 Å². The Balaban J connectivity index is 1.34. The maximum Gasteiger partial charge on any atom is 0.262 e.